The Morgan fingerprint density at radius 2 is 1.73 bits per heavy atom. The molecule has 26 heavy (non-hydrogen) atoms. The molecule has 2 aromatic carbocycles. The highest BCUT2D eigenvalue weighted by Crippen LogP contribution is 2.41. The van der Waals surface area contributed by atoms with E-state index < -0.39 is 8.32 Å². The van der Waals surface area contributed by atoms with E-state index in [1.807, 2.05) is 44.2 Å². The molecule has 0 heterocycles. The average Bonchev–Trinajstić information content (AvgIpc) is 2.53. The SMILES string of the molecule is COc1ccc(/C=[N+](\[O-])C(C)C)c2c(O[Si](C)(C)C(C)(C)C)cccc12. The largest absolute Gasteiger partial charge is 0.624 e. The van der Waals surface area contributed by atoms with E-state index in [-0.39, 0.29) is 11.1 Å². The lowest BCUT2D eigenvalue weighted by molar-refractivity contribution is -0.487. The molecule has 2 aromatic rings. The lowest BCUT2D eigenvalue weighted by Gasteiger charge is -2.37. The quantitative estimate of drug-likeness (QED) is 0.226. The van der Waals surface area contributed by atoms with Gasteiger partial charge in [-0.25, -0.2) is 4.74 Å². The van der Waals surface area contributed by atoms with E-state index in [9.17, 15) is 5.21 Å². The van der Waals surface area contributed by atoms with Gasteiger partial charge in [-0.2, -0.15) is 0 Å². The third-order valence-electron chi connectivity index (χ3n) is 5.16. The summed E-state index contributed by atoms with van der Waals surface area (Å²) in [5.41, 5.74) is 0.846. The second-order valence-electron chi connectivity index (χ2n) is 8.48. The number of hydroxylamine groups is 1. The van der Waals surface area contributed by atoms with Crippen molar-refractivity contribution in [1.29, 1.82) is 0 Å². The number of benzene rings is 2. The van der Waals surface area contributed by atoms with Gasteiger partial charge in [0.15, 0.2) is 12.3 Å². The fourth-order valence-electron chi connectivity index (χ4n) is 2.46. The van der Waals surface area contributed by atoms with Gasteiger partial charge in [-0.3, -0.25) is 0 Å². The molecular weight excluding hydrogens is 342 g/mol. The summed E-state index contributed by atoms with van der Waals surface area (Å²) in [5, 5.41) is 14.2. The topological polar surface area (TPSA) is 44.5 Å². The van der Waals surface area contributed by atoms with Crippen LogP contribution in [-0.4, -0.2) is 32.4 Å². The Bertz CT molecular complexity index is 820. The number of hydrogen-bond acceptors (Lipinski definition) is 3. The van der Waals surface area contributed by atoms with Crippen molar-refractivity contribution < 1.29 is 13.9 Å². The van der Waals surface area contributed by atoms with Crippen LogP contribution in [0.1, 0.15) is 40.2 Å². The second-order valence-corrected chi connectivity index (χ2v) is 13.2. The first kappa shape index (κ1) is 20.3. The lowest BCUT2D eigenvalue weighted by Crippen LogP contribution is -2.43. The fourth-order valence-corrected chi connectivity index (χ4v) is 3.48. The maximum atomic E-state index is 12.3. The standard InChI is InChI=1S/C21H31NO3Si/c1-15(2)22(23)14-16-12-13-18(24-6)17-10-9-11-19(20(16)17)25-26(7,8)21(3,4)5/h9-15H,1-8H3/b22-14-. The van der Waals surface area contributed by atoms with E-state index in [1.165, 1.54) is 0 Å². The van der Waals surface area contributed by atoms with E-state index in [1.54, 1.807) is 13.3 Å². The lowest BCUT2D eigenvalue weighted by atomic mass is 10.0. The molecule has 0 bridgehead atoms. The van der Waals surface area contributed by atoms with Crippen LogP contribution in [0.5, 0.6) is 11.5 Å². The summed E-state index contributed by atoms with van der Waals surface area (Å²) in [6.07, 6.45) is 1.64. The summed E-state index contributed by atoms with van der Waals surface area (Å²) < 4.78 is 13.1. The predicted octanol–water partition coefficient (Wildman–Crippen LogP) is 5.57. The number of ether oxygens (including phenoxy) is 1. The van der Waals surface area contributed by atoms with Crippen molar-refractivity contribution in [2.75, 3.05) is 7.11 Å². The molecule has 5 heteroatoms. The molecule has 0 amide bonds. The Balaban J connectivity index is 2.73. The predicted molar refractivity (Wildman–Crippen MR) is 112 cm³/mol. The zero-order valence-electron chi connectivity index (χ0n) is 17.2. The third-order valence-corrected chi connectivity index (χ3v) is 9.50. The van der Waals surface area contributed by atoms with Crippen molar-refractivity contribution in [2.45, 2.75) is 58.8 Å². The Hall–Kier alpha value is -2.01. The molecule has 0 aliphatic carbocycles. The first-order valence-electron chi connectivity index (χ1n) is 9.07. The maximum absolute atomic E-state index is 12.3. The van der Waals surface area contributed by atoms with Gasteiger partial charge in [0.2, 0.25) is 0 Å². The molecule has 0 fully saturated rings. The molecular formula is C21H31NO3Si. The molecule has 0 aliphatic heterocycles. The van der Waals surface area contributed by atoms with Crippen molar-refractivity contribution >= 4 is 25.3 Å². The molecule has 0 atom stereocenters. The van der Waals surface area contributed by atoms with Crippen LogP contribution in [0.2, 0.25) is 18.1 Å². The van der Waals surface area contributed by atoms with E-state index in [4.69, 9.17) is 9.16 Å². The van der Waals surface area contributed by atoms with Gasteiger partial charge in [-0.05, 0) is 50.2 Å². The van der Waals surface area contributed by atoms with Crippen LogP contribution in [0.25, 0.3) is 10.8 Å². The zero-order chi connectivity index (χ0) is 19.7. The van der Waals surface area contributed by atoms with E-state index in [0.717, 1.165) is 32.6 Å². The van der Waals surface area contributed by atoms with Crippen LogP contribution >= 0.6 is 0 Å². The molecule has 0 unspecified atom stereocenters. The summed E-state index contributed by atoms with van der Waals surface area (Å²) in [6, 6.07) is 9.68. The highest BCUT2D eigenvalue weighted by atomic mass is 28.4. The Kier molecular flexibility index (Phi) is 5.71. The summed E-state index contributed by atoms with van der Waals surface area (Å²) in [5.74, 6) is 1.59. The van der Waals surface area contributed by atoms with Crippen molar-refractivity contribution in [3.63, 3.8) is 0 Å². The van der Waals surface area contributed by atoms with Gasteiger partial charge in [0.25, 0.3) is 8.32 Å². The number of hydrogen-bond donors (Lipinski definition) is 0. The van der Waals surface area contributed by atoms with Crippen LogP contribution in [0.15, 0.2) is 30.3 Å². The monoisotopic (exact) mass is 373 g/mol. The molecule has 0 radical (unpaired) electrons. The van der Waals surface area contributed by atoms with Gasteiger partial charge >= 0.3 is 0 Å². The number of fused-ring (bicyclic) bond motifs is 1. The van der Waals surface area contributed by atoms with E-state index in [2.05, 4.69) is 33.9 Å². The number of methoxy groups -OCH3 is 1. The second kappa shape index (κ2) is 7.31. The zero-order valence-corrected chi connectivity index (χ0v) is 18.2. The van der Waals surface area contributed by atoms with E-state index >= 15 is 0 Å². The Morgan fingerprint density at radius 1 is 1.08 bits per heavy atom. The Labute approximate surface area is 158 Å². The highest BCUT2D eigenvalue weighted by Gasteiger charge is 2.39. The van der Waals surface area contributed by atoms with Crippen LogP contribution in [0.3, 0.4) is 0 Å². The highest BCUT2D eigenvalue weighted by molar-refractivity contribution is 6.74. The van der Waals surface area contributed by atoms with Crippen LogP contribution in [0.4, 0.5) is 0 Å². The van der Waals surface area contributed by atoms with Gasteiger partial charge in [-0.1, -0.05) is 32.9 Å². The van der Waals surface area contributed by atoms with Crippen molar-refractivity contribution in [1.82, 2.24) is 0 Å². The summed E-state index contributed by atoms with van der Waals surface area (Å²) in [7, 11) is -0.361. The molecule has 0 spiro atoms. The average molecular weight is 374 g/mol. The summed E-state index contributed by atoms with van der Waals surface area (Å²) in [6.45, 7) is 14.9. The summed E-state index contributed by atoms with van der Waals surface area (Å²) in [4.78, 5) is 0. The first-order valence-corrected chi connectivity index (χ1v) is 12.0. The fraction of sp³-hybridized carbons (Fsp3) is 0.476. The summed E-state index contributed by atoms with van der Waals surface area (Å²) >= 11 is 0. The molecule has 0 saturated carbocycles. The molecule has 0 aromatic heterocycles. The molecule has 0 N–H and O–H groups in total. The van der Waals surface area contributed by atoms with Gasteiger partial charge in [0.1, 0.15) is 11.5 Å². The molecule has 2 rings (SSSR count). The maximum Gasteiger partial charge on any atom is 0.250 e. The molecule has 142 valence electrons. The van der Waals surface area contributed by atoms with Crippen LogP contribution in [-0.2, 0) is 0 Å². The van der Waals surface area contributed by atoms with E-state index in [0.29, 0.717) is 0 Å². The van der Waals surface area contributed by atoms with Gasteiger partial charge in [0.05, 0.1) is 12.7 Å². The minimum atomic E-state index is -2.02. The molecule has 0 saturated heterocycles. The smallest absolute Gasteiger partial charge is 0.250 e. The van der Waals surface area contributed by atoms with Crippen LogP contribution < -0.4 is 9.16 Å². The minimum absolute atomic E-state index is 0.0837. The number of rotatable bonds is 5. The van der Waals surface area contributed by atoms with Crippen LogP contribution in [0, 0.1) is 5.21 Å². The van der Waals surface area contributed by atoms with Gasteiger partial charge < -0.3 is 14.4 Å². The van der Waals surface area contributed by atoms with Crippen molar-refractivity contribution in [3.05, 3.63) is 41.1 Å². The minimum Gasteiger partial charge on any atom is -0.624 e. The molecule has 4 nitrogen and oxygen atoms in total. The van der Waals surface area contributed by atoms with Crippen molar-refractivity contribution in [2.24, 2.45) is 0 Å². The normalized spacial score (nSPS) is 13.3. The Morgan fingerprint density at radius 3 is 2.27 bits per heavy atom. The molecule has 0 aliphatic rings. The van der Waals surface area contributed by atoms with Gasteiger partial charge in [-0.15, -0.1) is 0 Å². The number of nitrogens with zero attached hydrogens (tertiary/aromatic N) is 1. The van der Waals surface area contributed by atoms with Gasteiger partial charge in [0, 0.05) is 10.8 Å². The first-order chi connectivity index (χ1) is 12.0. The van der Waals surface area contributed by atoms with Crippen molar-refractivity contribution in [3.8, 4) is 11.5 Å². The third kappa shape index (κ3) is 4.04.